The average molecular weight is 339 g/mol. The van der Waals surface area contributed by atoms with E-state index >= 15 is 0 Å². The van der Waals surface area contributed by atoms with Crippen molar-refractivity contribution >= 4 is 27.5 Å². The van der Waals surface area contributed by atoms with Crippen LogP contribution in [0, 0.1) is 6.92 Å². The Balaban J connectivity index is 2.00. The van der Waals surface area contributed by atoms with Gasteiger partial charge in [-0.15, -0.1) is 0 Å². The number of nitrogens with one attached hydrogen (secondary N) is 1. The molecule has 0 bridgehead atoms. The Kier molecular flexibility index (Phi) is 5.03. The van der Waals surface area contributed by atoms with E-state index in [4.69, 9.17) is 11.6 Å². The summed E-state index contributed by atoms with van der Waals surface area (Å²) in [5.41, 5.74) is 3.78. The van der Waals surface area contributed by atoms with Crippen LogP contribution in [0.15, 0.2) is 46.9 Å². The molecule has 0 aromatic heterocycles. The van der Waals surface area contributed by atoms with E-state index in [9.17, 15) is 0 Å². The zero-order chi connectivity index (χ0) is 13.8. The Bertz CT molecular complexity index is 551. The molecule has 0 amide bonds. The molecule has 19 heavy (non-hydrogen) atoms. The van der Waals surface area contributed by atoms with Gasteiger partial charge in [0.2, 0.25) is 0 Å². The van der Waals surface area contributed by atoms with Crippen molar-refractivity contribution in [3.63, 3.8) is 0 Å². The first kappa shape index (κ1) is 14.6. The van der Waals surface area contributed by atoms with Crippen molar-refractivity contribution in [1.82, 2.24) is 5.32 Å². The van der Waals surface area contributed by atoms with Crippen LogP contribution in [-0.2, 0) is 6.54 Å². The van der Waals surface area contributed by atoms with Crippen LogP contribution in [0.4, 0.5) is 0 Å². The molecule has 2 aromatic carbocycles. The summed E-state index contributed by atoms with van der Waals surface area (Å²) in [6.07, 6.45) is 0. The molecule has 0 radical (unpaired) electrons. The molecule has 3 heteroatoms. The van der Waals surface area contributed by atoms with E-state index in [2.05, 4.69) is 65.4 Å². The number of benzene rings is 2. The molecular weight excluding hydrogens is 322 g/mol. The number of aryl methyl sites for hydroxylation is 1. The van der Waals surface area contributed by atoms with Gasteiger partial charge >= 0.3 is 0 Å². The van der Waals surface area contributed by atoms with E-state index < -0.39 is 0 Å². The number of halogens is 2. The third-order valence-electron chi connectivity index (χ3n) is 3.18. The molecule has 0 aliphatic carbocycles. The van der Waals surface area contributed by atoms with Gasteiger partial charge in [0.05, 0.1) is 0 Å². The molecule has 0 saturated heterocycles. The van der Waals surface area contributed by atoms with Gasteiger partial charge in [-0.25, -0.2) is 0 Å². The summed E-state index contributed by atoms with van der Waals surface area (Å²) in [5, 5.41) is 4.30. The molecule has 0 fully saturated rings. The molecule has 1 nitrogen and oxygen atoms in total. The lowest BCUT2D eigenvalue weighted by molar-refractivity contribution is 0.574. The highest BCUT2D eigenvalue weighted by Crippen LogP contribution is 2.20. The highest BCUT2D eigenvalue weighted by Gasteiger charge is 2.06. The van der Waals surface area contributed by atoms with Crippen LogP contribution in [-0.4, -0.2) is 0 Å². The number of hydrogen-bond donors (Lipinski definition) is 1. The van der Waals surface area contributed by atoms with E-state index in [0.29, 0.717) is 6.04 Å². The van der Waals surface area contributed by atoms with Gasteiger partial charge < -0.3 is 5.32 Å². The minimum atomic E-state index is 0.297. The van der Waals surface area contributed by atoms with Crippen LogP contribution < -0.4 is 5.32 Å². The Morgan fingerprint density at radius 3 is 2.47 bits per heavy atom. The first-order valence-corrected chi connectivity index (χ1v) is 7.47. The average Bonchev–Trinajstić information content (AvgIpc) is 2.38. The zero-order valence-corrected chi connectivity index (χ0v) is 13.4. The van der Waals surface area contributed by atoms with Gasteiger partial charge in [0, 0.05) is 22.1 Å². The highest BCUT2D eigenvalue weighted by molar-refractivity contribution is 9.10. The maximum absolute atomic E-state index is 5.90. The normalized spacial score (nSPS) is 12.4. The number of hydrogen-bond acceptors (Lipinski definition) is 1. The second kappa shape index (κ2) is 6.56. The topological polar surface area (TPSA) is 12.0 Å². The number of rotatable bonds is 4. The van der Waals surface area contributed by atoms with Crippen molar-refractivity contribution in [2.75, 3.05) is 0 Å². The van der Waals surface area contributed by atoms with Crippen LogP contribution in [0.3, 0.4) is 0 Å². The summed E-state index contributed by atoms with van der Waals surface area (Å²) < 4.78 is 1.16. The molecule has 1 unspecified atom stereocenters. The van der Waals surface area contributed by atoms with Crippen LogP contribution in [0.25, 0.3) is 0 Å². The van der Waals surface area contributed by atoms with Crippen molar-refractivity contribution in [3.8, 4) is 0 Å². The Morgan fingerprint density at radius 2 is 1.84 bits per heavy atom. The Labute approximate surface area is 128 Å². The smallest absolute Gasteiger partial charge is 0.0406 e. The van der Waals surface area contributed by atoms with Crippen LogP contribution in [0.2, 0.25) is 5.02 Å². The maximum Gasteiger partial charge on any atom is 0.0406 e. The van der Waals surface area contributed by atoms with Crippen molar-refractivity contribution in [2.24, 2.45) is 0 Å². The summed E-state index contributed by atoms with van der Waals surface area (Å²) in [6, 6.07) is 14.7. The molecule has 0 spiro atoms. The van der Waals surface area contributed by atoms with Gasteiger partial charge in [-0.1, -0.05) is 51.8 Å². The molecule has 0 aliphatic rings. The molecule has 0 heterocycles. The first-order valence-electron chi connectivity index (χ1n) is 6.30. The van der Waals surface area contributed by atoms with Crippen molar-refractivity contribution in [3.05, 3.63) is 68.7 Å². The molecule has 1 N–H and O–H groups in total. The van der Waals surface area contributed by atoms with E-state index in [1.54, 1.807) is 0 Å². The van der Waals surface area contributed by atoms with Crippen molar-refractivity contribution < 1.29 is 0 Å². The minimum Gasteiger partial charge on any atom is -0.306 e. The van der Waals surface area contributed by atoms with Crippen molar-refractivity contribution in [2.45, 2.75) is 26.4 Å². The molecule has 2 aromatic rings. The Morgan fingerprint density at radius 1 is 1.16 bits per heavy atom. The first-order chi connectivity index (χ1) is 9.06. The van der Waals surface area contributed by atoms with Gasteiger partial charge in [0.25, 0.3) is 0 Å². The van der Waals surface area contributed by atoms with E-state index in [1.165, 1.54) is 16.7 Å². The van der Waals surface area contributed by atoms with Gasteiger partial charge in [0.15, 0.2) is 0 Å². The van der Waals surface area contributed by atoms with E-state index in [1.807, 2.05) is 12.1 Å². The fraction of sp³-hybridized carbons (Fsp3) is 0.250. The quantitative estimate of drug-likeness (QED) is 0.801. The predicted octanol–water partition coefficient (Wildman–Crippen LogP) is 5.26. The largest absolute Gasteiger partial charge is 0.306 e. The summed E-state index contributed by atoms with van der Waals surface area (Å²) >= 11 is 9.50. The monoisotopic (exact) mass is 337 g/mol. The van der Waals surface area contributed by atoms with Gasteiger partial charge in [0.1, 0.15) is 0 Å². The molecule has 0 saturated carbocycles. The van der Waals surface area contributed by atoms with Gasteiger partial charge in [-0.2, -0.15) is 0 Å². The second-order valence-corrected chi connectivity index (χ2v) is 6.04. The SMILES string of the molecule is Cc1ccc(CNC(C)c2ccc(Cl)cc2)c(Br)c1. The third kappa shape index (κ3) is 4.07. The predicted molar refractivity (Wildman–Crippen MR) is 85.6 cm³/mol. The van der Waals surface area contributed by atoms with Crippen LogP contribution >= 0.6 is 27.5 Å². The third-order valence-corrected chi connectivity index (χ3v) is 4.17. The summed E-state index contributed by atoms with van der Waals surface area (Å²) in [4.78, 5) is 0. The minimum absolute atomic E-state index is 0.297. The van der Waals surface area contributed by atoms with E-state index in [-0.39, 0.29) is 0 Å². The summed E-state index contributed by atoms with van der Waals surface area (Å²) in [6.45, 7) is 5.09. The molecular formula is C16H17BrClN. The van der Waals surface area contributed by atoms with Gasteiger partial charge in [-0.05, 0) is 48.7 Å². The van der Waals surface area contributed by atoms with Crippen molar-refractivity contribution in [1.29, 1.82) is 0 Å². The fourth-order valence-electron chi connectivity index (χ4n) is 1.93. The lowest BCUT2D eigenvalue weighted by atomic mass is 10.1. The second-order valence-electron chi connectivity index (χ2n) is 4.75. The fourth-order valence-corrected chi connectivity index (χ4v) is 2.69. The maximum atomic E-state index is 5.90. The lowest BCUT2D eigenvalue weighted by Gasteiger charge is -2.15. The van der Waals surface area contributed by atoms with E-state index in [0.717, 1.165) is 16.0 Å². The molecule has 2 rings (SSSR count). The van der Waals surface area contributed by atoms with Crippen LogP contribution in [0.5, 0.6) is 0 Å². The zero-order valence-electron chi connectivity index (χ0n) is 11.1. The molecule has 1 atom stereocenters. The summed E-state index contributed by atoms with van der Waals surface area (Å²) in [5.74, 6) is 0. The standard InChI is InChI=1S/C16H17BrClN/c1-11-3-4-14(16(17)9-11)10-19-12(2)13-5-7-15(18)8-6-13/h3-9,12,19H,10H2,1-2H3. The van der Waals surface area contributed by atoms with Crippen LogP contribution in [0.1, 0.15) is 29.7 Å². The Hall–Kier alpha value is -0.830. The summed E-state index contributed by atoms with van der Waals surface area (Å²) in [7, 11) is 0. The molecule has 0 aliphatic heterocycles. The molecule has 100 valence electrons. The lowest BCUT2D eigenvalue weighted by Crippen LogP contribution is -2.18. The van der Waals surface area contributed by atoms with Gasteiger partial charge in [-0.3, -0.25) is 0 Å². The highest BCUT2D eigenvalue weighted by atomic mass is 79.9.